The molecule has 0 heterocycles. The molecule has 1 saturated carbocycles. The molecule has 6 heteroatoms. The quantitative estimate of drug-likeness (QED) is 0.334. The first-order valence-electron chi connectivity index (χ1n) is 7.08. The summed E-state index contributed by atoms with van der Waals surface area (Å²) in [5.41, 5.74) is 6.52. The van der Waals surface area contributed by atoms with Crippen LogP contribution < -0.4 is 11.1 Å². The summed E-state index contributed by atoms with van der Waals surface area (Å²) in [5.74, 6) is 0.207. The summed E-state index contributed by atoms with van der Waals surface area (Å²) in [6.07, 6.45) is 8.02. The van der Waals surface area contributed by atoms with Gasteiger partial charge in [0.1, 0.15) is 5.82 Å². The Morgan fingerprint density at radius 2 is 2.10 bits per heavy atom. The first kappa shape index (κ1) is 18.5. The normalized spacial score (nSPS) is 16.4. The molecule has 0 amide bonds. The number of guanidine groups is 1. The van der Waals surface area contributed by atoms with E-state index in [1.165, 1.54) is 37.1 Å². The third-order valence-corrected chi connectivity index (χ3v) is 4.48. The zero-order valence-corrected chi connectivity index (χ0v) is 15.4. The minimum atomic E-state index is -0.217. The summed E-state index contributed by atoms with van der Waals surface area (Å²) < 4.78 is 13.8. The van der Waals surface area contributed by atoms with Crippen molar-refractivity contribution in [1.82, 2.24) is 5.32 Å². The van der Waals surface area contributed by atoms with E-state index in [2.05, 4.69) is 10.3 Å². The van der Waals surface area contributed by atoms with Gasteiger partial charge in [-0.05, 0) is 31.2 Å². The second kappa shape index (κ2) is 9.50. The van der Waals surface area contributed by atoms with E-state index < -0.39 is 0 Å². The van der Waals surface area contributed by atoms with Crippen LogP contribution in [0, 0.1) is 5.82 Å². The van der Waals surface area contributed by atoms with Crippen molar-refractivity contribution in [3.05, 3.63) is 29.6 Å². The van der Waals surface area contributed by atoms with Crippen molar-refractivity contribution in [2.75, 3.05) is 6.26 Å². The van der Waals surface area contributed by atoms with Crippen LogP contribution in [0.1, 0.15) is 37.7 Å². The molecule has 0 spiro atoms. The smallest absolute Gasteiger partial charge is 0.189 e. The lowest BCUT2D eigenvalue weighted by atomic mass is 9.96. The van der Waals surface area contributed by atoms with Crippen LogP contribution >= 0.6 is 35.7 Å². The maximum atomic E-state index is 13.8. The van der Waals surface area contributed by atoms with Crippen LogP contribution in [0.3, 0.4) is 0 Å². The van der Waals surface area contributed by atoms with Crippen LogP contribution in [0.2, 0.25) is 0 Å². The van der Waals surface area contributed by atoms with Gasteiger partial charge in [-0.2, -0.15) is 0 Å². The van der Waals surface area contributed by atoms with E-state index in [0.717, 1.165) is 17.7 Å². The van der Waals surface area contributed by atoms with Gasteiger partial charge in [0, 0.05) is 16.5 Å². The molecule has 3 nitrogen and oxygen atoms in total. The highest BCUT2D eigenvalue weighted by atomic mass is 127. The molecule has 0 saturated heterocycles. The van der Waals surface area contributed by atoms with E-state index in [4.69, 9.17) is 5.73 Å². The van der Waals surface area contributed by atoms with Crippen LogP contribution in [-0.2, 0) is 6.54 Å². The lowest BCUT2D eigenvalue weighted by Gasteiger charge is -2.23. The van der Waals surface area contributed by atoms with Crippen LogP contribution in [0.25, 0.3) is 0 Å². The lowest BCUT2D eigenvalue weighted by molar-refractivity contribution is 0.412. The summed E-state index contributed by atoms with van der Waals surface area (Å²) in [6.45, 7) is 0.286. The fraction of sp³-hybridized carbons (Fsp3) is 0.533. The van der Waals surface area contributed by atoms with Crippen molar-refractivity contribution in [2.45, 2.75) is 49.6 Å². The van der Waals surface area contributed by atoms with Gasteiger partial charge in [0.2, 0.25) is 0 Å². The average Bonchev–Trinajstić information content (AvgIpc) is 2.46. The third-order valence-electron chi connectivity index (χ3n) is 3.66. The summed E-state index contributed by atoms with van der Waals surface area (Å²) in [6, 6.07) is 5.52. The second-order valence-corrected chi connectivity index (χ2v) is 5.95. The Balaban J connectivity index is 0.00000220. The Morgan fingerprint density at radius 3 is 2.76 bits per heavy atom. The van der Waals surface area contributed by atoms with E-state index in [9.17, 15) is 4.39 Å². The molecule has 0 atom stereocenters. The van der Waals surface area contributed by atoms with E-state index in [0.29, 0.717) is 17.6 Å². The van der Waals surface area contributed by atoms with Crippen molar-refractivity contribution < 1.29 is 4.39 Å². The molecule has 1 fully saturated rings. The number of nitrogens with two attached hydrogens (primary N) is 1. The van der Waals surface area contributed by atoms with Gasteiger partial charge < -0.3 is 11.1 Å². The van der Waals surface area contributed by atoms with Gasteiger partial charge in [0.15, 0.2) is 5.96 Å². The molecular formula is C15H23FIN3S. The molecule has 2 rings (SSSR count). The fourth-order valence-corrected chi connectivity index (χ4v) is 3.17. The number of thioether (sulfide) groups is 1. The predicted octanol–water partition coefficient (Wildman–Crippen LogP) is 3.90. The van der Waals surface area contributed by atoms with Crippen LogP contribution in [-0.4, -0.2) is 18.3 Å². The Kier molecular flexibility index (Phi) is 8.39. The second-order valence-electron chi connectivity index (χ2n) is 5.10. The van der Waals surface area contributed by atoms with Gasteiger partial charge in [0.05, 0.1) is 6.54 Å². The van der Waals surface area contributed by atoms with E-state index in [1.807, 2.05) is 12.3 Å². The van der Waals surface area contributed by atoms with Crippen molar-refractivity contribution in [2.24, 2.45) is 10.7 Å². The molecule has 0 aliphatic heterocycles. The fourth-order valence-electron chi connectivity index (χ4n) is 2.55. The van der Waals surface area contributed by atoms with Crippen molar-refractivity contribution >= 4 is 41.7 Å². The zero-order chi connectivity index (χ0) is 14.4. The van der Waals surface area contributed by atoms with Crippen LogP contribution in [0.15, 0.2) is 28.1 Å². The van der Waals surface area contributed by atoms with Crippen molar-refractivity contribution in [3.63, 3.8) is 0 Å². The molecule has 118 valence electrons. The van der Waals surface area contributed by atoms with Crippen molar-refractivity contribution in [3.8, 4) is 0 Å². The predicted molar refractivity (Wildman–Crippen MR) is 98.9 cm³/mol. The maximum absolute atomic E-state index is 13.8. The Bertz CT molecular complexity index is 476. The largest absolute Gasteiger partial charge is 0.370 e. The minimum absolute atomic E-state index is 0. The summed E-state index contributed by atoms with van der Waals surface area (Å²) in [4.78, 5) is 5.20. The number of hydrogen-bond donors (Lipinski definition) is 2. The topological polar surface area (TPSA) is 50.4 Å². The molecule has 1 aromatic carbocycles. The molecule has 1 aliphatic rings. The number of halogens is 2. The summed E-state index contributed by atoms with van der Waals surface area (Å²) >= 11 is 1.53. The lowest BCUT2D eigenvalue weighted by Crippen LogP contribution is -2.41. The Labute approximate surface area is 147 Å². The first-order chi connectivity index (χ1) is 9.70. The van der Waals surface area contributed by atoms with Crippen molar-refractivity contribution in [1.29, 1.82) is 0 Å². The summed E-state index contributed by atoms with van der Waals surface area (Å²) in [7, 11) is 0. The average molecular weight is 423 g/mol. The molecule has 21 heavy (non-hydrogen) atoms. The molecule has 0 bridgehead atoms. The standard InChI is InChI=1S/C15H22FN3S.HI/c1-20-14-9-5-8-13(16)12(14)10-18-15(17)19-11-6-3-2-4-7-11;/h5,8-9,11H,2-4,6-7,10H2,1H3,(H3,17,18,19);1H. The third kappa shape index (κ3) is 5.65. The molecule has 3 N–H and O–H groups in total. The highest BCUT2D eigenvalue weighted by Crippen LogP contribution is 2.23. The number of aliphatic imine (C=N–C) groups is 1. The monoisotopic (exact) mass is 423 g/mol. The number of benzene rings is 1. The van der Waals surface area contributed by atoms with Gasteiger partial charge in [0.25, 0.3) is 0 Å². The van der Waals surface area contributed by atoms with Gasteiger partial charge in [-0.1, -0.05) is 25.3 Å². The molecule has 1 aliphatic carbocycles. The number of hydrogen-bond acceptors (Lipinski definition) is 2. The zero-order valence-electron chi connectivity index (χ0n) is 12.3. The number of rotatable bonds is 4. The highest BCUT2D eigenvalue weighted by molar-refractivity contribution is 14.0. The minimum Gasteiger partial charge on any atom is -0.370 e. The van der Waals surface area contributed by atoms with Gasteiger partial charge in [-0.3, -0.25) is 0 Å². The van der Waals surface area contributed by atoms with Gasteiger partial charge >= 0.3 is 0 Å². The molecule has 0 aromatic heterocycles. The molecule has 0 unspecified atom stereocenters. The van der Waals surface area contributed by atoms with E-state index in [1.54, 1.807) is 6.07 Å². The van der Waals surface area contributed by atoms with Crippen LogP contribution in [0.4, 0.5) is 4.39 Å². The number of nitrogens with zero attached hydrogens (tertiary/aromatic N) is 1. The van der Waals surface area contributed by atoms with Gasteiger partial charge in [-0.15, -0.1) is 35.7 Å². The highest BCUT2D eigenvalue weighted by Gasteiger charge is 2.13. The van der Waals surface area contributed by atoms with Gasteiger partial charge in [-0.25, -0.2) is 9.38 Å². The van der Waals surface area contributed by atoms with Crippen LogP contribution in [0.5, 0.6) is 0 Å². The number of nitrogens with one attached hydrogen (secondary N) is 1. The van der Waals surface area contributed by atoms with E-state index >= 15 is 0 Å². The molecule has 0 radical (unpaired) electrons. The Hall–Kier alpha value is -0.500. The SMILES string of the molecule is CSc1cccc(F)c1CN=C(N)NC1CCCCC1.I. The maximum Gasteiger partial charge on any atom is 0.189 e. The first-order valence-corrected chi connectivity index (χ1v) is 8.31. The molecule has 1 aromatic rings. The Morgan fingerprint density at radius 1 is 1.38 bits per heavy atom. The van der Waals surface area contributed by atoms with E-state index in [-0.39, 0.29) is 36.3 Å². The summed E-state index contributed by atoms with van der Waals surface area (Å²) in [5, 5.41) is 3.24. The molecular weight excluding hydrogens is 400 g/mol.